The summed E-state index contributed by atoms with van der Waals surface area (Å²) in [4.78, 5) is 0.239. The second-order valence-electron chi connectivity index (χ2n) is 7.38. The van der Waals surface area contributed by atoms with Crippen LogP contribution in [0.3, 0.4) is 0 Å². The van der Waals surface area contributed by atoms with Crippen molar-refractivity contribution in [2.75, 3.05) is 27.9 Å². The number of hydrogen-bond acceptors (Lipinski definition) is 5. The lowest BCUT2D eigenvalue weighted by molar-refractivity contribution is 0.290. The Hall–Kier alpha value is -2.97. The van der Waals surface area contributed by atoms with Crippen LogP contribution >= 0.6 is 0 Å². The zero-order valence-electron chi connectivity index (χ0n) is 18.0. The van der Waals surface area contributed by atoms with Gasteiger partial charge in [0.15, 0.2) is 0 Å². The fourth-order valence-electron chi connectivity index (χ4n) is 4.13. The van der Waals surface area contributed by atoms with E-state index in [1.165, 1.54) is 0 Å². The van der Waals surface area contributed by atoms with Crippen molar-refractivity contribution >= 4 is 10.0 Å². The number of hydrogen-bond donors (Lipinski definition) is 0. The smallest absolute Gasteiger partial charge is 0.244 e. The molecule has 3 aromatic rings. The van der Waals surface area contributed by atoms with E-state index in [0.717, 1.165) is 16.8 Å². The number of fused-ring (bicyclic) bond motifs is 1. The number of aryl methyl sites for hydroxylation is 1. The third-order valence-corrected chi connectivity index (χ3v) is 7.56. The Morgan fingerprint density at radius 3 is 2.35 bits per heavy atom. The molecule has 0 saturated heterocycles. The Balaban J connectivity index is 1.86. The van der Waals surface area contributed by atoms with Gasteiger partial charge in [0.05, 0.1) is 32.3 Å². The number of aromatic nitrogens is 1. The fraction of sp³-hybridized carbons (Fsp3) is 0.304. The quantitative estimate of drug-likeness (QED) is 0.583. The summed E-state index contributed by atoms with van der Waals surface area (Å²) in [5.74, 6) is 1.87. The van der Waals surface area contributed by atoms with Crippen molar-refractivity contribution < 1.29 is 22.6 Å². The molecular formula is C23H26N2O5S. The molecule has 8 heteroatoms. The molecule has 4 rings (SSSR count). The lowest BCUT2D eigenvalue weighted by Crippen LogP contribution is -2.42. The summed E-state index contributed by atoms with van der Waals surface area (Å²) < 4.78 is 47.4. The zero-order valence-corrected chi connectivity index (χ0v) is 18.8. The van der Waals surface area contributed by atoms with Crippen molar-refractivity contribution in [1.29, 1.82) is 0 Å². The third-order valence-electron chi connectivity index (χ3n) is 5.70. The van der Waals surface area contributed by atoms with Crippen LogP contribution in [0.25, 0.3) is 0 Å². The number of sulfonamides is 1. The molecule has 1 aromatic heterocycles. The van der Waals surface area contributed by atoms with Gasteiger partial charge in [0, 0.05) is 36.6 Å². The number of methoxy groups -OCH3 is 3. The lowest BCUT2D eigenvalue weighted by Gasteiger charge is -2.37. The van der Waals surface area contributed by atoms with Crippen LogP contribution in [0.2, 0.25) is 0 Å². The molecule has 1 atom stereocenters. The van der Waals surface area contributed by atoms with Gasteiger partial charge >= 0.3 is 0 Å². The molecule has 1 unspecified atom stereocenters. The molecule has 0 amide bonds. The monoisotopic (exact) mass is 442 g/mol. The zero-order chi connectivity index (χ0) is 22.2. The van der Waals surface area contributed by atoms with Crippen molar-refractivity contribution in [1.82, 2.24) is 8.87 Å². The van der Waals surface area contributed by atoms with E-state index in [0.29, 0.717) is 30.3 Å². The summed E-state index contributed by atoms with van der Waals surface area (Å²) in [5.41, 5.74) is 2.42. The van der Waals surface area contributed by atoms with Gasteiger partial charge in [-0.1, -0.05) is 0 Å². The highest BCUT2D eigenvalue weighted by molar-refractivity contribution is 7.89. The highest BCUT2D eigenvalue weighted by atomic mass is 32.2. The minimum Gasteiger partial charge on any atom is -0.497 e. The van der Waals surface area contributed by atoms with Crippen LogP contribution in [0.15, 0.2) is 59.6 Å². The van der Waals surface area contributed by atoms with Crippen LogP contribution in [0, 0.1) is 6.92 Å². The summed E-state index contributed by atoms with van der Waals surface area (Å²) >= 11 is 0. The van der Waals surface area contributed by atoms with E-state index in [2.05, 4.69) is 4.57 Å². The van der Waals surface area contributed by atoms with E-state index in [-0.39, 0.29) is 4.90 Å². The number of ether oxygens (including phenoxy) is 3. The average molecular weight is 443 g/mol. The molecule has 0 saturated carbocycles. The van der Waals surface area contributed by atoms with Gasteiger partial charge in [-0.05, 0) is 55.0 Å². The van der Waals surface area contributed by atoms with Crippen molar-refractivity contribution in [2.24, 2.45) is 0 Å². The van der Waals surface area contributed by atoms with Crippen LogP contribution in [0.1, 0.15) is 22.9 Å². The third kappa shape index (κ3) is 3.66. The second-order valence-corrected chi connectivity index (χ2v) is 9.27. The highest BCUT2D eigenvalue weighted by Crippen LogP contribution is 2.41. The van der Waals surface area contributed by atoms with Crippen LogP contribution in [-0.2, 0) is 16.6 Å². The second kappa shape index (κ2) is 8.28. The molecule has 0 aliphatic carbocycles. The Kier molecular flexibility index (Phi) is 5.68. The van der Waals surface area contributed by atoms with Gasteiger partial charge in [0.25, 0.3) is 0 Å². The van der Waals surface area contributed by atoms with E-state index >= 15 is 0 Å². The van der Waals surface area contributed by atoms with Crippen LogP contribution < -0.4 is 14.2 Å². The Bertz CT molecular complexity index is 1200. The normalized spacial score (nSPS) is 16.6. The minimum absolute atomic E-state index is 0.239. The molecule has 0 bridgehead atoms. The molecule has 0 spiro atoms. The van der Waals surface area contributed by atoms with E-state index < -0.39 is 16.1 Å². The van der Waals surface area contributed by atoms with Gasteiger partial charge in [-0.3, -0.25) is 0 Å². The van der Waals surface area contributed by atoms with Gasteiger partial charge in [-0.2, -0.15) is 4.31 Å². The van der Waals surface area contributed by atoms with Crippen LogP contribution in [-0.4, -0.2) is 45.2 Å². The molecule has 2 heterocycles. The maximum Gasteiger partial charge on any atom is 0.244 e. The summed E-state index contributed by atoms with van der Waals surface area (Å²) in [6.07, 6.45) is 1.97. The predicted octanol–water partition coefficient (Wildman–Crippen LogP) is 3.62. The molecule has 7 nitrogen and oxygen atoms in total. The number of benzene rings is 2. The minimum atomic E-state index is -3.79. The summed E-state index contributed by atoms with van der Waals surface area (Å²) in [5, 5.41) is 0. The largest absolute Gasteiger partial charge is 0.497 e. The van der Waals surface area contributed by atoms with Crippen molar-refractivity contribution in [3.8, 4) is 17.2 Å². The molecule has 0 N–H and O–H groups in total. The topological polar surface area (TPSA) is 70.0 Å². The number of nitrogens with zero attached hydrogens (tertiary/aromatic N) is 2. The van der Waals surface area contributed by atoms with E-state index in [1.54, 1.807) is 49.9 Å². The lowest BCUT2D eigenvalue weighted by atomic mass is 10.0. The summed E-state index contributed by atoms with van der Waals surface area (Å²) in [7, 11) is 0.942. The molecule has 1 aliphatic heterocycles. The van der Waals surface area contributed by atoms with Gasteiger partial charge in [-0.15, -0.1) is 0 Å². The van der Waals surface area contributed by atoms with Crippen molar-refractivity contribution in [2.45, 2.75) is 24.4 Å². The molecule has 1 aliphatic rings. The summed E-state index contributed by atoms with van der Waals surface area (Å²) in [6.45, 7) is 2.75. The fourth-order valence-corrected chi connectivity index (χ4v) is 5.78. The van der Waals surface area contributed by atoms with Crippen molar-refractivity contribution in [3.63, 3.8) is 0 Å². The first-order chi connectivity index (χ1) is 14.9. The molecular weight excluding hydrogens is 416 g/mol. The predicted molar refractivity (Wildman–Crippen MR) is 117 cm³/mol. The number of rotatable bonds is 6. The molecule has 0 fully saturated rings. The molecule has 164 valence electrons. The Morgan fingerprint density at radius 1 is 0.903 bits per heavy atom. The average Bonchev–Trinajstić information content (AvgIpc) is 3.26. The van der Waals surface area contributed by atoms with Crippen LogP contribution in [0.4, 0.5) is 0 Å². The Morgan fingerprint density at radius 2 is 1.68 bits per heavy atom. The first kappa shape index (κ1) is 21.3. The standard InChI is InChI=1S/C23H26N2O5S/c1-16-14-18(8-10-21(16)29-3)31(26,27)25-13-12-24-11-5-6-20(24)23(25)19-9-7-17(28-2)15-22(19)30-4/h5-11,14-15,23H,12-13H2,1-4H3. The SMILES string of the molecule is COc1ccc(C2c3cccn3CCN2S(=O)(=O)c2ccc(OC)c(C)c2)c(OC)c1. The maximum absolute atomic E-state index is 13.8. The van der Waals surface area contributed by atoms with E-state index in [4.69, 9.17) is 14.2 Å². The first-order valence-electron chi connectivity index (χ1n) is 9.94. The van der Waals surface area contributed by atoms with Gasteiger partial charge in [-0.25, -0.2) is 8.42 Å². The molecule has 0 radical (unpaired) electrons. The maximum atomic E-state index is 13.8. The van der Waals surface area contributed by atoms with E-state index in [9.17, 15) is 8.42 Å². The highest BCUT2D eigenvalue weighted by Gasteiger charge is 2.39. The molecule has 2 aromatic carbocycles. The first-order valence-corrected chi connectivity index (χ1v) is 11.4. The van der Waals surface area contributed by atoms with Gasteiger partial charge in [0.1, 0.15) is 17.2 Å². The summed E-state index contributed by atoms with van der Waals surface area (Å²) in [6, 6.07) is 13.8. The van der Waals surface area contributed by atoms with E-state index in [1.807, 2.05) is 37.4 Å². The molecule has 31 heavy (non-hydrogen) atoms. The van der Waals surface area contributed by atoms with Crippen molar-refractivity contribution in [3.05, 3.63) is 71.5 Å². The van der Waals surface area contributed by atoms with Gasteiger partial charge in [0.2, 0.25) is 10.0 Å². The van der Waals surface area contributed by atoms with Crippen LogP contribution in [0.5, 0.6) is 17.2 Å². The van der Waals surface area contributed by atoms with Gasteiger partial charge < -0.3 is 18.8 Å². The Labute approximate surface area is 182 Å².